The maximum atomic E-state index is 13.8. The summed E-state index contributed by atoms with van der Waals surface area (Å²) in [5, 5.41) is 46.9. The smallest absolute Gasteiger partial charge is 0.328 e. The summed E-state index contributed by atoms with van der Waals surface area (Å²) in [5.41, 5.74) is 2.49. The van der Waals surface area contributed by atoms with Crippen molar-refractivity contribution in [1.82, 2.24) is 0 Å². The first kappa shape index (κ1) is 27.0. The summed E-state index contributed by atoms with van der Waals surface area (Å²) in [7, 11) is 3.48. The maximum absolute atomic E-state index is 13.8. The number of carbonyl (C=O) groups excluding carboxylic acids is 4. The Labute approximate surface area is 218 Å². The number of aliphatic hydroxyl groups excluding tert-OH is 2. The van der Waals surface area contributed by atoms with Gasteiger partial charge in [-0.05, 0) is 44.2 Å². The summed E-state index contributed by atoms with van der Waals surface area (Å²) in [6, 6.07) is 0.735. The second-order valence-corrected chi connectivity index (χ2v) is 10.1. The molecule has 12 heteroatoms. The zero-order valence-electron chi connectivity index (χ0n) is 21.5. The van der Waals surface area contributed by atoms with E-state index in [0.717, 1.165) is 0 Å². The highest BCUT2D eigenvalue weighted by Crippen LogP contribution is 2.53. The van der Waals surface area contributed by atoms with Crippen LogP contribution in [0.2, 0.25) is 0 Å². The number of fused-ring (bicyclic) bond motifs is 3. The molecule has 38 heavy (non-hydrogen) atoms. The van der Waals surface area contributed by atoms with Gasteiger partial charge in [0, 0.05) is 37.7 Å². The van der Waals surface area contributed by atoms with E-state index < -0.39 is 69.8 Å². The fourth-order valence-corrected chi connectivity index (χ4v) is 5.74. The van der Waals surface area contributed by atoms with Gasteiger partial charge in [0.2, 0.25) is 5.78 Å². The number of rotatable bonds is 6. The van der Waals surface area contributed by atoms with Crippen LogP contribution in [0.3, 0.4) is 0 Å². The van der Waals surface area contributed by atoms with E-state index in [1.165, 1.54) is 6.92 Å². The largest absolute Gasteiger partial charge is 0.511 e. The number of ether oxygens (including phenoxy) is 1. The molecule has 12 nitrogen and oxygen atoms in total. The molecule has 1 unspecified atom stereocenters. The summed E-state index contributed by atoms with van der Waals surface area (Å²) >= 11 is 0. The lowest BCUT2D eigenvalue weighted by Crippen LogP contribution is -2.57. The molecule has 1 aromatic rings. The summed E-state index contributed by atoms with van der Waals surface area (Å²) in [4.78, 5) is 52.6. The van der Waals surface area contributed by atoms with E-state index in [4.69, 9.17) is 10.5 Å². The van der Waals surface area contributed by atoms with Crippen LogP contribution in [0.15, 0.2) is 28.7 Å². The Bertz CT molecular complexity index is 1330. The fraction of sp³-hybridized carbons (Fsp3) is 0.462. The average Bonchev–Trinajstić information content (AvgIpc) is 2.82. The van der Waals surface area contributed by atoms with Crippen LogP contribution in [-0.2, 0) is 25.5 Å². The Balaban J connectivity index is 1.87. The molecule has 0 fully saturated rings. The maximum Gasteiger partial charge on any atom is 0.328 e. The Hall–Kier alpha value is -4.06. The van der Waals surface area contributed by atoms with Crippen molar-refractivity contribution in [2.24, 2.45) is 17.6 Å². The number of benzene rings is 1. The molecule has 3 aliphatic rings. The third-order valence-electron chi connectivity index (χ3n) is 7.53. The molecule has 0 bridgehead atoms. The van der Waals surface area contributed by atoms with E-state index in [1.807, 2.05) is 0 Å². The van der Waals surface area contributed by atoms with Crippen molar-refractivity contribution in [3.8, 4) is 5.75 Å². The minimum absolute atomic E-state index is 0.0381. The first-order valence-electron chi connectivity index (χ1n) is 12.2. The number of phenols is 1. The van der Waals surface area contributed by atoms with Crippen LogP contribution in [-0.4, -0.2) is 76.2 Å². The fourth-order valence-electron chi connectivity index (χ4n) is 5.74. The Kier molecular flexibility index (Phi) is 6.64. The van der Waals surface area contributed by atoms with Crippen LogP contribution < -0.4 is 16.0 Å². The number of hydrogen-bond donors (Lipinski definition) is 6. The number of hydrogen-bond acceptors (Lipinski definition) is 11. The van der Waals surface area contributed by atoms with Crippen molar-refractivity contribution >= 4 is 34.8 Å². The molecular weight excluding hydrogens is 498 g/mol. The summed E-state index contributed by atoms with van der Waals surface area (Å²) < 4.78 is 5.00. The lowest BCUT2D eigenvalue weighted by molar-refractivity contribution is -0.144. The number of aliphatic hydroxyl groups is 3. The predicted molar refractivity (Wildman–Crippen MR) is 135 cm³/mol. The van der Waals surface area contributed by atoms with Gasteiger partial charge < -0.3 is 41.1 Å². The van der Waals surface area contributed by atoms with E-state index >= 15 is 0 Å². The SMILES string of the molecule is CCOC(=O)C(C)Nc1cc(N(C)C)c2c(c1O)C(=O)C1=C(O)[C@]3(O)C(=O)C(C(N)=O)=C(O)C[C@@H]3C[C@@H]1C2. The normalized spacial score (nSPS) is 25.3. The number of amides is 1. The lowest BCUT2D eigenvalue weighted by Gasteiger charge is -2.46. The molecule has 204 valence electrons. The topological polar surface area (TPSA) is 200 Å². The summed E-state index contributed by atoms with van der Waals surface area (Å²) in [6.45, 7) is 3.34. The number of carbonyl (C=O) groups is 4. The van der Waals surface area contributed by atoms with Gasteiger partial charge in [-0.2, -0.15) is 0 Å². The number of aromatic hydroxyl groups is 1. The number of esters is 1. The lowest BCUT2D eigenvalue weighted by atomic mass is 9.60. The van der Waals surface area contributed by atoms with Gasteiger partial charge in [-0.15, -0.1) is 0 Å². The third-order valence-corrected chi connectivity index (χ3v) is 7.53. The van der Waals surface area contributed by atoms with Crippen LogP contribution in [0.5, 0.6) is 5.75 Å². The average molecular weight is 530 g/mol. The van der Waals surface area contributed by atoms with Crippen molar-refractivity contribution in [3.63, 3.8) is 0 Å². The zero-order chi connectivity index (χ0) is 28.3. The van der Waals surface area contributed by atoms with Gasteiger partial charge in [-0.1, -0.05) is 0 Å². The molecule has 0 spiro atoms. The van der Waals surface area contributed by atoms with E-state index in [0.29, 0.717) is 11.3 Å². The molecule has 0 saturated heterocycles. The molecule has 4 atom stereocenters. The molecule has 0 radical (unpaired) electrons. The summed E-state index contributed by atoms with van der Waals surface area (Å²) in [6.07, 6.45) is -0.0879. The first-order valence-corrected chi connectivity index (χ1v) is 12.2. The van der Waals surface area contributed by atoms with Gasteiger partial charge in [-0.25, -0.2) is 4.79 Å². The second-order valence-electron chi connectivity index (χ2n) is 10.1. The predicted octanol–water partition coefficient (Wildman–Crippen LogP) is 1.01. The van der Waals surface area contributed by atoms with E-state index in [-0.39, 0.29) is 42.7 Å². The number of phenolic OH excluding ortho intramolecular Hbond substituents is 1. The molecule has 1 aromatic carbocycles. The highest BCUT2D eigenvalue weighted by molar-refractivity contribution is 6.24. The van der Waals surface area contributed by atoms with Crippen molar-refractivity contribution in [2.45, 2.75) is 44.8 Å². The highest BCUT2D eigenvalue weighted by atomic mass is 16.5. The first-order chi connectivity index (χ1) is 17.7. The molecule has 0 aromatic heterocycles. The number of ketones is 2. The zero-order valence-corrected chi connectivity index (χ0v) is 21.5. The number of anilines is 2. The minimum atomic E-state index is -2.64. The van der Waals surface area contributed by atoms with Crippen LogP contribution >= 0.6 is 0 Å². The Morgan fingerprint density at radius 1 is 1.24 bits per heavy atom. The molecule has 3 aliphatic carbocycles. The molecule has 0 heterocycles. The van der Waals surface area contributed by atoms with Crippen molar-refractivity contribution < 1.29 is 44.3 Å². The standard InChI is InChI=1S/C26H31N3O9/c1-5-38-25(36)10(2)28-14-9-15(29(3)4)13-7-11-6-12-8-16(30)19(24(27)35)23(34)26(12,37)22(33)17(11)21(32)18(13)20(14)31/h9-12,28,30-31,33,37H,5-8H2,1-4H3,(H2,27,35)/t10?,11-,12+,26+/m1/s1. The van der Waals surface area contributed by atoms with E-state index in [2.05, 4.69) is 5.32 Å². The van der Waals surface area contributed by atoms with Crippen LogP contribution in [0.1, 0.15) is 42.6 Å². The third kappa shape index (κ3) is 3.87. The molecule has 1 amide bonds. The van der Waals surface area contributed by atoms with Gasteiger partial charge in [0.15, 0.2) is 11.4 Å². The molecule has 0 aliphatic heterocycles. The van der Waals surface area contributed by atoms with E-state index in [1.54, 1.807) is 32.0 Å². The quantitative estimate of drug-likeness (QED) is 0.174. The number of nitrogens with two attached hydrogens (primary N) is 1. The van der Waals surface area contributed by atoms with Gasteiger partial charge in [0.05, 0.1) is 17.9 Å². The number of allylic oxidation sites excluding steroid dienone is 2. The van der Waals surface area contributed by atoms with Gasteiger partial charge in [-0.3, -0.25) is 14.4 Å². The Morgan fingerprint density at radius 3 is 2.47 bits per heavy atom. The van der Waals surface area contributed by atoms with Crippen molar-refractivity contribution in [2.75, 3.05) is 30.9 Å². The van der Waals surface area contributed by atoms with Crippen LogP contribution in [0, 0.1) is 11.8 Å². The van der Waals surface area contributed by atoms with Gasteiger partial charge >= 0.3 is 5.97 Å². The summed E-state index contributed by atoms with van der Waals surface area (Å²) in [5.74, 6) is -7.54. The molecule has 4 rings (SSSR count). The molecular formula is C26H31N3O9. The van der Waals surface area contributed by atoms with Crippen molar-refractivity contribution in [1.29, 1.82) is 0 Å². The number of nitrogens with one attached hydrogen (secondary N) is 1. The van der Waals surface area contributed by atoms with E-state index in [9.17, 15) is 39.6 Å². The molecule has 7 N–H and O–H groups in total. The molecule has 0 saturated carbocycles. The number of primary amides is 1. The van der Waals surface area contributed by atoms with Gasteiger partial charge in [0.1, 0.15) is 28.9 Å². The Morgan fingerprint density at radius 2 is 1.89 bits per heavy atom. The van der Waals surface area contributed by atoms with Crippen LogP contribution in [0.4, 0.5) is 11.4 Å². The van der Waals surface area contributed by atoms with Gasteiger partial charge in [0.25, 0.3) is 5.91 Å². The van der Waals surface area contributed by atoms with Crippen molar-refractivity contribution in [3.05, 3.63) is 39.9 Å². The minimum Gasteiger partial charge on any atom is -0.511 e. The second kappa shape index (κ2) is 9.35. The number of nitrogens with zero attached hydrogens (tertiary/aromatic N) is 1. The monoisotopic (exact) mass is 529 g/mol. The van der Waals surface area contributed by atoms with Crippen LogP contribution in [0.25, 0.3) is 0 Å². The highest BCUT2D eigenvalue weighted by Gasteiger charge is 2.59. The number of Topliss-reactive ketones (excluding diaryl/α,β-unsaturated/α-hetero) is 2.